The largest absolute Gasteiger partial charge is 0.496 e. The van der Waals surface area contributed by atoms with Crippen LogP contribution >= 0.6 is 0 Å². The van der Waals surface area contributed by atoms with Crippen LogP contribution in [0.25, 0.3) is 11.1 Å². The molecule has 0 saturated heterocycles. The van der Waals surface area contributed by atoms with Gasteiger partial charge in [0.2, 0.25) is 0 Å². The predicted octanol–water partition coefficient (Wildman–Crippen LogP) is 4.36. The second kappa shape index (κ2) is 7.96. The Labute approximate surface area is 163 Å². The van der Waals surface area contributed by atoms with Crippen molar-refractivity contribution in [3.05, 3.63) is 95.4 Å². The highest BCUT2D eigenvalue weighted by atomic mass is 16.5. The van der Waals surface area contributed by atoms with Crippen LogP contribution in [0.5, 0.6) is 5.75 Å². The fourth-order valence-corrected chi connectivity index (χ4v) is 3.09. The highest BCUT2D eigenvalue weighted by Crippen LogP contribution is 2.20. The first-order chi connectivity index (χ1) is 13.7. The molecule has 1 heterocycles. The van der Waals surface area contributed by atoms with E-state index >= 15 is 0 Å². The molecule has 28 heavy (non-hydrogen) atoms. The van der Waals surface area contributed by atoms with Gasteiger partial charge in [0, 0.05) is 24.1 Å². The van der Waals surface area contributed by atoms with Crippen LogP contribution in [-0.2, 0) is 13.0 Å². The summed E-state index contributed by atoms with van der Waals surface area (Å²) in [5, 5.41) is 2.92. The molecule has 140 valence electrons. The molecule has 0 fully saturated rings. The minimum atomic E-state index is -0.172. The van der Waals surface area contributed by atoms with Crippen LogP contribution in [-0.4, -0.2) is 18.0 Å². The van der Waals surface area contributed by atoms with Crippen molar-refractivity contribution >= 4 is 17.0 Å². The Morgan fingerprint density at radius 3 is 2.64 bits per heavy atom. The summed E-state index contributed by atoms with van der Waals surface area (Å²) >= 11 is 0. The van der Waals surface area contributed by atoms with Crippen molar-refractivity contribution in [3.63, 3.8) is 0 Å². The van der Waals surface area contributed by atoms with E-state index in [1.165, 1.54) is 0 Å². The Hall–Kier alpha value is -3.60. The fourth-order valence-electron chi connectivity index (χ4n) is 3.09. The van der Waals surface area contributed by atoms with Crippen LogP contribution < -0.4 is 10.1 Å². The van der Waals surface area contributed by atoms with Crippen LogP contribution in [0.15, 0.2) is 77.2 Å². The molecule has 0 aliphatic rings. The first-order valence-corrected chi connectivity index (χ1v) is 9.06. The van der Waals surface area contributed by atoms with Gasteiger partial charge in [0.15, 0.2) is 11.5 Å². The molecule has 4 rings (SSSR count). The summed E-state index contributed by atoms with van der Waals surface area (Å²) in [5.41, 5.74) is 3.93. The van der Waals surface area contributed by atoms with Crippen molar-refractivity contribution in [2.45, 2.75) is 13.0 Å². The molecule has 0 aliphatic heterocycles. The van der Waals surface area contributed by atoms with E-state index in [0.29, 0.717) is 30.0 Å². The first-order valence-electron chi connectivity index (χ1n) is 9.06. The Kier molecular flexibility index (Phi) is 5.06. The van der Waals surface area contributed by atoms with Crippen LogP contribution in [0, 0.1) is 0 Å². The Balaban J connectivity index is 1.48. The number of methoxy groups -OCH3 is 1. The lowest BCUT2D eigenvalue weighted by molar-refractivity contribution is 0.0950. The summed E-state index contributed by atoms with van der Waals surface area (Å²) in [7, 11) is 1.62. The summed E-state index contributed by atoms with van der Waals surface area (Å²) in [6.07, 6.45) is 0.616. The number of nitrogens with one attached hydrogen (secondary N) is 1. The SMILES string of the molecule is COc1ccccc1CNC(=O)c1ccc2nc(Cc3ccccc3)oc2c1. The van der Waals surface area contributed by atoms with E-state index in [1.807, 2.05) is 60.7 Å². The van der Waals surface area contributed by atoms with Gasteiger partial charge in [-0.15, -0.1) is 0 Å². The van der Waals surface area contributed by atoms with Crippen molar-refractivity contribution in [2.75, 3.05) is 7.11 Å². The van der Waals surface area contributed by atoms with Crippen molar-refractivity contribution < 1.29 is 13.9 Å². The maximum absolute atomic E-state index is 12.5. The van der Waals surface area contributed by atoms with Gasteiger partial charge in [-0.1, -0.05) is 48.5 Å². The number of benzene rings is 3. The zero-order valence-electron chi connectivity index (χ0n) is 15.5. The number of carbonyl (C=O) groups is 1. The van der Waals surface area contributed by atoms with E-state index in [-0.39, 0.29) is 5.91 Å². The quantitative estimate of drug-likeness (QED) is 0.546. The summed E-state index contributed by atoms with van der Waals surface area (Å²) in [5.74, 6) is 1.21. The number of hydrogen-bond acceptors (Lipinski definition) is 4. The molecule has 3 aromatic carbocycles. The third-order valence-corrected chi connectivity index (χ3v) is 4.53. The lowest BCUT2D eigenvalue weighted by Crippen LogP contribution is -2.22. The minimum absolute atomic E-state index is 0.172. The molecule has 1 amide bonds. The number of aromatic nitrogens is 1. The van der Waals surface area contributed by atoms with Gasteiger partial charge in [-0.2, -0.15) is 0 Å². The molecule has 5 nitrogen and oxygen atoms in total. The molecule has 0 aliphatic carbocycles. The van der Waals surface area contributed by atoms with E-state index < -0.39 is 0 Å². The first kappa shape index (κ1) is 17.8. The van der Waals surface area contributed by atoms with Gasteiger partial charge in [0.1, 0.15) is 11.3 Å². The number of carbonyl (C=O) groups excluding carboxylic acids is 1. The highest BCUT2D eigenvalue weighted by Gasteiger charge is 2.12. The second-order valence-corrected chi connectivity index (χ2v) is 6.45. The third-order valence-electron chi connectivity index (χ3n) is 4.53. The molecule has 4 aromatic rings. The van der Waals surface area contributed by atoms with Crippen molar-refractivity contribution in [1.82, 2.24) is 10.3 Å². The summed E-state index contributed by atoms with van der Waals surface area (Å²) in [6, 6.07) is 22.9. The summed E-state index contributed by atoms with van der Waals surface area (Å²) in [6.45, 7) is 0.385. The van der Waals surface area contributed by atoms with Gasteiger partial charge in [-0.3, -0.25) is 4.79 Å². The lowest BCUT2D eigenvalue weighted by atomic mass is 10.1. The number of hydrogen-bond donors (Lipinski definition) is 1. The third kappa shape index (κ3) is 3.88. The van der Waals surface area contributed by atoms with Gasteiger partial charge < -0.3 is 14.5 Å². The lowest BCUT2D eigenvalue weighted by Gasteiger charge is -2.09. The smallest absolute Gasteiger partial charge is 0.251 e. The summed E-state index contributed by atoms with van der Waals surface area (Å²) in [4.78, 5) is 17.1. The molecule has 0 spiro atoms. The number of oxazole rings is 1. The molecule has 5 heteroatoms. The van der Waals surface area contributed by atoms with Gasteiger partial charge in [0.25, 0.3) is 5.91 Å². The number of fused-ring (bicyclic) bond motifs is 1. The number of amides is 1. The van der Waals surface area contributed by atoms with Crippen LogP contribution in [0.4, 0.5) is 0 Å². The van der Waals surface area contributed by atoms with Gasteiger partial charge in [-0.25, -0.2) is 4.98 Å². The normalized spacial score (nSPS) is 10.8. The van der Waals surface area contributed by atoms with Crippen molar-refractivity contribution in [3.8, 4) is 5.75 Å². The van der Waals surface area contributed by atoms with Crippen molar-refractivity contribution in [1.29, 1.82) is 0 Å². The molecule has 0 atom stereocenters. The van der Waals surface area contributed by atoms with Crippen LogP contribution in [0.1, 0.15) is 27.4 Å². The van der Waals surface area contributed by atoms with E-state index in [0.717, 1.165) is 22.4 Å². The van der Waals surface area contributed by atoms with Gasteiger partial charge in [-0.05, 0) is 29.8 Å². The van der Waals surface area contributed by atoms with Crippen molar-refractivity contribution in [2.24, 2.45) is 0 Å². The number of nitrogens with zero attached hydrogens (tertiary/aromatic N) is 1. The molecule has 0 radical (unpaired) electrons. The molecule has 0 saturated carbocycles. The average molecular weight is 372 g/mol. The second-order valence-electron chi connectivity index (χ2n) is 6.45. The topological polar surface area (TPSA) is 64.4 Å². The van der Waals surface area contributed by atoms with E-state index in [4.69, 9.17) is 9.15 Å². The molecule has 1 aromatic heterocycles. The van der Waals surface area contributed by atoms with Gasteiger partial charge >= 0.3 is 0 Å². The Bertz CT molecular complexity index is 1100. The zero-order valence-corrected chi connectivity index (χ0v) is 15.5. The van der Waals surface area contributed by atoms with Crippen LogP contribution in [0.3, 0.4) is 0 Å². The Morgan fingerprint density at radius 1 is 1.04 bits per heavy atom. The monoisotopic (exact) mass is 372 g/mol. The van der Waals surface area contributed by atoms with E-state index in [1.54, 1.807) is 19.2 Å². The zero-order chi connectivity index (χ0) is 19.3. The molecular formula is C23H20N2O3. The number of para-hydroxylation sites is 1. The predicted molar refractivity (Wildman–Crippen MR) is 107 cm³/mol. The molecule has 0 bridgehead atoms. The van der Waals surface area contributed by atoms with E-state index in [9.17, 15) is 4.79 Å². The fraction of sp³-hybridized carbons (Fsp3) is 0.130. The molecule has 0 unspecified atom stereocenters. The standard InChI is InChI=1S/C23H20N2O3/c1-27-20-10-6-5-9-18(20)15-24-23(26)17-11-12-19-21(14-17)28-22(25-19)13-16-7-3-2-4-8-16/h2-12,14H,13,15H2,1H3,(H,24,26). The number of ether oxygens (including phenoxy) is 1. The molecule has 1 N–H and O–H groups in total. The highest BCUT2D eigenvalue weighted by molar-refractivity contribution is 5.97. The average Bonchev–Trinajstić information content (AvgIpc) is 3.14. The minimum Gasteiger partial charge on any atom is -0.496 e. The maximum Gasteiger partial charge on any atom is 0.251 e. The Morgan fingerprint density at radius 2 is 1.82 bits per heavy atom. The maximum atomic E-state index is 12.5. The molecular weight excluding hydrogens is 352 g/mol. The van der Waals surface area contributed by atoms with Gasteiger partial charge in [0.05, 0.1) is 7.11 Å². The van der Waals surface area contributed by atoms with Crippen LogP contribution in [0.2, 0.25) is 0 Å². The summed E-state index contributed by atoms with van der Waals surface area (Å²) < 4.78 is 11.2. The number of rotatable bonds is 6. The van der Waals surface area contributed by atoms with E-state index in [2.05, 4.69) is 10.3 Å².